The number of rotatable bonds is 2. The minimum absolute atomic E-state index is 0.0702. The SMILES string of the molecule is CC(=O)Nc1cc(NC(=O)N2CCCC(C)C2)ccc1C. The van der Waals surface area contributed by atoms with Crippen LogP contribution in [0.5, 0.6) is 0 Å². The maximum atomic E-state index is 12.3. The first-order valence-electron chi connectivity index (χ1n) is 7.40. The van der Waals surface area contributed by atoms with Gasteiger partial charge in [0.1, 0.15) is 0 Å². The number of aryl methyl sites for hydroxylation is 1. The highest BCUT2D eigenvalue weighted by atomic mass is 16.2. The van der Waals surface area contributed by atoms with Gasteiger partial charge >= 0.3 is 6.03 Å². The van der Waals surface area contributed by atoms with Gasteiger partial charge in [-0.05, 0) is 43.4 Å². The molecule has 1 aliphatic rings. The monoisotopic (exact) mass is 289 g/mol. The van der Waals surface area contributed by atoms with E-state index in [1.54, 1.807) is 6.07 Å². The quantitative estimate of drug-likeness (QED) is 0.878. The van der Waals surface area contributed by atoms with Gasteiger partial charge in [0.05, 0.1) is 0 Å². The number of likely N-dealkylation sites (tertiary alicyclic amines) is 1. The highest BCUT2D eigenvalue weighted by Crippen LogP contribution is 2.22. The molecule has 1 heterocycles. The van der Waals surface area contributed by atoms with Gasteiger partial charge in [0.15, 0.2) is 0 Å². The maximum absolute atomic E-state index is 12.3. The van der Waals surface area contributed by atoms with Crippen LogP contribution in [0.4, 0.5) is 16.2 Å². The molecule has 1 saturated heterocycles. The van der Waals surface area contributed by atoms with Crippen molar-refractivity contribution in [2.75, 3.05) is 23.7 Å². The van der Waals surface area contributed by atoms with E-state index in [2.05, 4.69) is 17.6 Å². The summed E-state index contributed by atoms with van der Waals surface area (Å²) < 4.78 is 0. The minimum atomic E-state index is -0.119. The Morgan fingerprint density at radius 2 is 2.05 bits per heavy atom. The van der Waals surface area contributed by atoms with Crippen molar-refractivity contribution in [3.8, 4) is 0 Å². The molecule has 0 radical (unpaired) electrons. The third-order valence-corrected chi connectivity index (χ3v) is 3.74. The Labute approximate surface area is 125 Å². The summed E-state index contributed by atoms with van der Waals surface area (Å²) in [6.45, 7) is 7.17. The summed E-state index contributed by atoms with van der Waals surface area (Å²) in [4.78, 5) is 25.3. The third-order valence-electron chi connectivity index (χ3n) is 3.74. The number of hydrogen-bond donors (Lipinski definition) is 2. The molecule has 5 nitrogen and oxygen atoms in total. The number of nitrogens with one attached hydrogen (secondary N) is 2. The summed E-state index contributed by atoms with van der Waals surface area (Å²) in [7, 11) is 0. The van der Waals surface area contributed by atoms with Crippen LogP contribution in [0.2, 0.25) is 0 Å². The van der Waals surface area contributed by atoms with Crippen LogP contribution in [-0.2, 0) is 4.79 Å². The van der Waals surface area contributed by atoms with Crippen molar-refractivity contribution in [2.45, 2.75) is 33.6 Å². The fourth-order valence-electron chi connectivity index (χ4n) is 2.60. The summed E-state index contributed by atoms with van der Waals surface area (Å²) in [6, 6.07) is 5.47. The number of amides is 3. The number of benzene rings is 1. The molecule has 1 unspecified atom stereocenters. The topological polar surface area (TPSA) is 61.4 Å². The van der Waals surface area contributed by atoms with Crippen LogP contribution in [0, 0.1) is 12.8 Å². The molecule has 1 aromatic rings. The van der Waals surface area contributed by atoms with Crippen molar-refractivity contribution in [3.05, 3.63) is 23.8 Å². The first kappa shape index (κ1) is 15.4. The smallest absolute Gasteiger partial charge is 0.321 e. The van der Waals surface area contributed by atoms with E-state index in [9.17, 15) is 9.59 Å². The lowest BCUT2D eigenvalue weighted by molar-refractivity contribution is -0.114. The van der Waals surface area contributed by atoms with E-state index in [1.165, 1.54) is 13.3 Å². The Bertz CT molecular complexity index is 542. The van der Waals surface area contributed by atoms with Crippen molar-refractivity contribution >= 4 is 23.3 Å². The molecule has 3 amide bonds. The molecular weight excluding hydrogens is 266 g/mol. The van der Waals surface area contributed by atoms with Crippen molar-refractivity contribution in [2.24, 2.45) is 5.92 Å². The van der Waals surface area contributed by atoms with E-state index < -0.39 is 0 Å². The molecule has 1 atom stereocenters. The zero-order chi connectivity index (χ0) is 15.4. The molecule has 21 heavy (non-hydrogen) atoms. The van der Waals surface area contributed by atoms with E-state index in [0.717, 1.165) is 30.8 Å². The lowest BCUT2D eigenvalue weighted by Gasteiger charge is -2.31. The van der Waals surface area contributed by atoms with Crippen molar-refractivity contribution in [1.29, 1.82) is 0 Å². The molecule has 1 fully saturated rings. The molecule has 114 valence electrons. The lowest BCUT2D eigenvalue weighted by atomic mass is 10.0. The predicted molar refractivity (Wildman–Crippen MR) is 84.5 cm³/mol. The zero-order valence-electron chi connectivity index (χ0n) is 12.9. The maximum Gasteiger partial charge on any atom is 0.321 e. The number of urea groups is 1. The average molecular weight is 289 g/mol. The first-order chi connectivity index (χ1) is 9.95. The normalized spacial score (nSPS) is 18.2. The molecule has 0 spiro atoms. The molecular formula is C16H23N3O2. The second-order valence-corrected chi connectivity index (χ2v) is 5.83. The summed E-state index contributed by atoms with van der Waals surface area (Å²) in [5.41, 5.74) is 2.40. The second kappa shape index (κ2) is 6.61. The van der Waals surface area contributed by atoms with Gasteiger partial charge in [-0.2, -0.15) is 0 Å². The Balaban J connectivity index is 2.05. The number of nitrogens with zero attached hydrogens (tertiary/aromatic N) is 1. The Kier molecular flexibility index (Phi) is 4.83. The molecule has 0 saturated carbocycles. The van der Waals surface area contributed by atoms with Crippen LogP contribution in [0.1, 0.15) is 32.3 Å². The molecule has 5 heteroatoms. The Morgan fingerprint density at radius 3 is 2.71 bits per heavy atom. The van der Waals surface area contributed by atoms with Crippen LogP contribution >= 0.6 is 0 Å². The molecule has 0 aromatic heterocycles. The van der Waals surface area contributed by atoms with Crippen LogP contribution in [0.15, 0.2) is 18.2 Å². The average Bonchev–Trinajstić information content (AvgIpc) is 2.42. The lowest BCUT2D eigenvalue weighted by Crippen LogP contribution is -2.41. The fraction of sp³-hybridized carbons (Fsp3) is 0.500. The molecule has 2 N–H and O–H groups in total. The molecule has 1 aliphatic heterocycles. The van der Waals surface area contributed by atoms with Crippen LogP contribution < -0.4 is 10.6 Å². The zero-order valence-corrected chi connectivity index (χ0v) is 12.9. The fourth-order valence-corrected chi connectivity index (χ4v) is 2.60. The molecule has 0 bridgehead atoms. The van der Waals surface area contributed by atoms with Crippen molar-refractivity contribution in [3.63, 3.8) is 0 Å². The number of anilines is 2. The van der Waals surface area contributed by atoms with Gasteiger partial charge in [-0.25, -0.2) is 4.79 Å². The van der Waals surface area contributed by atoms with Crippen LogP contribution in [0.25, 0.3) is 0 Å². The summed E-state index contributed by atoms with van der Waals surface area (Å²) in [6.07, 6.45) is 2.24. The van der Waals surface area contributed by atoms with E-state index in [-0.39, 0.29) is 11.9 Å². The second-order valence-electron chi connectivity index (χ2n) is 5.83. The van der Waals surface area contributed by atoms with E-state index in [1.807, 2.05) is 24.0 Å². The van der Waals surface area contributed by atoms with Crippen molar-refractivity contribution in [1.82, 2.24) is 4.90 Å². The van der Waals surface area contributed by atoms with Crippen LogP contribution in [0.3, 0.4) is 0 Å². The largest absolute Gasteiger partial charge is 0.326 e. The van der Waals surface area contributed by atoms with Crippen molar-refractivity contribution < 1.29 is 9.59 Å². The van der Waals surface area contributed by atoms with E-state index in [0.29, 0.717) is 11.6 Å². The number of hydrogen-bond acceptors (Lipinski definition) is 2. The van der Waals surface area contributed by atoms with Gasteiger partial charge < -0.3 is 15.5 Å². The van der Waals surface area contributed by atoms with E-state index >= 15 is 0 Å². The van der Waals surface area contributed by atoms with Gasteiger partial charge in [-0.1, -0.05) is 13.0 Å². The number of carbonyl (C=O) groups excluding carboxylic acids is 2. The van der Waals surface area contributed by atoms with Gasteiger partial charge in [0.2, 0.25) is 5.91 Å². The van der Waals surface area contributed by atoms with Gasteiger partial charge in [0.25, 0.3) is 0 Å². The Hall–Kier alpha value is -2.04. The third kappa shape index (κ3) is 4.21. The van der Waals surface area contributed by atoms with E-state index in [4.69, 9.17) is 0 Å². The highest BCUT2D eigenvalue weighted by molar-refractivity contribution is 5.93. The van der Waals surface area contributed by atoms with Gasteiger partial charge in [-0.15, -0.1) is 0 Å². The molecule has 0 aliphatic carbocycles. The van der Waals surface area contributed by atoms with Gasteiger partial charge in [-0.3, -0.25) is 4.79 Å². The predicted octanol–water partition coefficient (Wildman–Crippen LogP) is 3.22. The van der Waals surface area contributed by atoms with Gasteiger partial charge in [0, 0.05) is 31.4 Å². The number of piperidine rings is 1. The minimum Gasteiger partial charge on any atom is -0.326 e. The molecule has 2 rings (SSSR count). The molecule has 1 aromatic carbocycles. The van der Waals surface area contributed by atoms with Crippen LogP contribution in [-0.4, -0.2) is 29.9 Å². The standard InChI is InChI=1S/C16H23N3O2/c1-11-5-4-8-19(10-11)16(21)18-14-7-6-12(2)15(9-14)17-13(3)20/h6-7,9,11H,4-5,8,10H2,1-3H3,(H,17,20)(H,18,21). The Morgan fingerprint density at radius 1 is 1.29 bits per heavy atom. The number of carbonyl (C=O) groups is 2. The summed E-state index contributed by atoms with van der Waals surface area (Å²) >= 11 is 0. The summed E-state index contributed by atoms with van der Waals surface area (Å²) in [5.74, 6) is 0.434. The highest BCUT2D eigenvalue weighted by Gasteiger charge is 2.20. The first-order valence-corrected chi connectivity index (χ1v) is 7.40. The summed E-state index contributed by atoms with van der Waals surface area (Å²) in [5, 5.41) is 5.68.